The molecular formula is C12H15N3O2. The van der Waals surface area contributed by atoms with E-state index in [0.29, 0.717) is 6.61 Å². The van der Waals surface area contributed by atoms with E-state index in [0.717, 1.165) is 16.9 Å². The summed E-state index contributed by atoms with van der Waals surface area (Å²) < 4.78 is 3.21. The summed E-state index contributed by atoms with van der Waals surface area (Å²) in [5.74, 6) is 5.04. The minimum Gasteiger partial charge on any atom is -0.302 e. The molecule has 2 aromatic rings. The van der Waals surface area contributed by atoms with Crippen LogP contribution in [0.4, 0.5) is 0 Å². The largest absolute Gasteiger partial charge is 0.332 e. The molecule has 0 unspecified atom stereocenters. The third kappa shape index (κ3) is 2.15. The molecule has 0 aliphatic heterocycles. The van der Waals surface area contributed by atoms with Crippen molar-refractivity contribution in [3.05, 3.63) is 52.2 Å². The van der Waals surface area contributed by atoms with E-state index in [4.69, 9.17) is 5.90 Å². The Morgan fingerprint density at radius 3 is 2.76 bits per heavy atom. The number of aromatic nitrogens is 2. The van der Waals surface area contributed by atoms with E-state index in [1.165, 1.54) is 0 Å². The fraction of sp³-hybridized carbons (Fsp3) is 0.250. The summed E-state index contributed by atoms with van der Waals surface area (Å²) >= 11 is 0. The fourth-order valence-corrected chi connectivity index (χ4v) is 1.90. The third-order valence-electron chi connectivity index (χ3n) is 2.64. The van der Waals surface area contributed by atoms with Crippen LogP contribution in [-0.2, 0) is 18.5 Å². The Hall–Kier alpha value is -1.85. The SMILES string of the molecule is Cc1cn(C)c(=O)n1-c1cccc(CON)c1. The number of benzene rings is 1. The lowest BCUT2D eigenvalue weighted by atomic mass is 10.2. The Kier molecular flexibility index (Phi) is 3.12. The van der Waals surface area contributed by atoms with E-state index in [9.17, 15) is 4.79 Å². The first-order valence-corrected chi connectivity index (χ1v) is 5.29. The molecule has 0 saturated heterocycles. The van der Waals surface area contributed by atoms with Crippen LogP contribution in [0.25, 0.3) is 5.69 Å². The monoisotopic (exact) mass is 233 g/mol. The Morgan fingerprint density at radius 1 is 1.41 bits per heavy atom. The van der Waals surface area contributed by atoms with E-state index in [-0.39, 0.29) is 5.69 Å². The van der Waals surface area contributed by atoms with Gasteiger partial charge in [0.2, 0.25) is 0 Å². The van der Waals surface area contributed by atoms with Crippen LogP contribution in [0.2, 0.25) is 0 Å². The molecule has 0 atom stereocenters. The van der Waals surface area contributed by atoms with Crippen LogP contribution in [0.5, 0.6) is 0 Å². The minimum atomic E-state index is -0.0617. The van der Waals surface area contributed by atoms with Crippen molar-refractivity contribution >= 4 is 0 Å². The zero-order valence-electron chi connectivity index (χ0n) is 9.88. The molecule has 0 aliphatic rings. The molecular weight excluding hydrogens is 218 g/mol. The van der Waals surface area contributed by atoms with Gasteiger partial charge in [-0.25, -0.2) is 10.7 Å². The number of nitrogens with zero attached hydrogens (tertiary/aromatic N) is 2. The lowest BCUT2D eigenvalue weighted by Crippen LogP contribution is -2.21. The number of nitrogens with two attached hydrogens (primary N) is 1. The van der Waals surface area contributed by atoms with E-state index >= 15 is 0 Å². The second-order valence-corrected chi connectivity index (χ2v) is 3.98. The predicted molar refractivity (Wildman–Crippen MR) is 64.7 cm³/mol. The topological polar surface area (TPSA) is 62.2 Å². The highest BCUT2D eigenvalue weighted by molar-refractivity contribution is 5.37. The first-order valence-electron chi connectivity index (χ1n) is 5.29. The summed E-state index contributed by atoms with van der Waals surface area (Å²) in [5.41, 5.74) is 2.58. The summed E-state index contributed by atoms with van der Waals surface area (Å²) in [5, 5.41) is 0. The van der Waals surface area contributed by atoms with Crippen LogP contribution < -0.4 is 11.6 Å². The van der Waals surface area contributed by atoms with Gasteiger partial charge in [-0.2, -0.15) is 0 Å². The smallest absolute Gasteiger partial charge is 0.302 e. The Balaban J connectivity index is 2.53. The molecule has 17 heavy (non-hydrogen) atoms. The Morgan fingerprint density at radius 2 is 2.18 bits per heavy atom. The number of hydrogen-bond acceptors (Lipinski definition) is 3. The van der Waals surface area contributed by atoms with Gasteiger partial charge in [0, 0.05) is 18.9 Å². The molecule has 5 nitrogen and oxygen atoms in total. The van der Waals surface area contributed by atoms with Gasteiger partial charge in [0.15, 0.2) is 0 Å². The standard InChI is InChI=1S/C12H15N3O2/c1-9-7-14(2)12(16)15(9)11-5-3-4-10(6-11)8-17-13/h3-7H,8,13H2,1-2H3. The summed E-state index contributed by atoms with van der Waals surface area (Å²) in [6, 6.07) is 7.55. The van der Waals surface area contributed by atoms with E-state index in [2.05, 4.69) is 4.84 Å². The number of rotatable bonds is 3. The van der Waals surface area contributed by atoms with Crippen molar-refractivity contribution in [2.45, 2.75) is 13.5 Å². The predicted octanol–water partition coefficient (Wildman–Crippen LogP) is 0.875. The van der Waals surface area contributed by atoms with Crippen LogP contribution in [0.15, 0.2) is 35.3 Å². The molecule has 1 aromatic carbocycles. The fourth-order valence-electron chi connectivity index (χ4n) is 1.90. The van der Waals surface area contributed by atoms with Gasteiger partial charge in [0.25, 0.3) is 0 Å². The van der Waals surface area contributed by atoms with Crippen LogP contribution in [0, 0.1) is 6.92 Å². The summed E-state index contributed by atoms with van der Waals surface area (Å²) in [6.45, 7) is 2.22. The Labute approximate surface area is 99.0 Å². The normalized spacial score (nSPS) is 10.8. The molecule has 0 fully saturated rings. The summed E-state index contributed by atoms with van der Waals surface area (Å²) in [4.78, 5) is 16.5. The minimum absolute atomic E-state index is 0.0617. The average molecular weight is 233 g/mol. The third-order valence-corrected chi connectivity index (χ3v) is 2.64. The van der Waals surface area contributed by atoms with Gasteiger partial charge in [-0.05, 0) is 24.6 Å². The first kappa shape index (κ1) is 11.6. The first-order chi connectivity index (χ1) is 8.13. The summed E-state index contributed by atoms with van der Waals surface area (Å²) in [6.07, 6.45) is 1.80. The second kappa shape index (κ2) is 4.57. The van der Waals surface area contributed by atoms with Gasteiger partial charge in [0.1, 0.15) is 0 Å². The van der Waals surface area contributed by atoms with Crippen molar-refractivity contribution in [3.63, 3.8) is 0 Å². The molecule has 2 rings (SSSR count). The zero-order chi connectivity index (χ0) is 12.4. The molecule has 0 radical (unpaired) electrons. The molecule has 1 aromatic heterocycles. The van der Waals surface area contributed by atoms with Gasteiger partial charge in [-0.15, -0.1) is 0 Å². The second-order valence-electron chi connectivity index (χ2n) is 3.98. The van der Waals surface area contributed by atoms with Crippen molar-refractivity contribution in [2.75, 3.05) is 0 Å². The molecule has 0 bridgehead atoms. The molecule has 0 saturated carbocycles. The number of aryl methyl sites for hydroxylation is 2. The van der Waals surface area contributed by atoms with Gasteiger partial charge < -0.3 is 4.57 Å². The van der Waals surface area contributed by atoms with Crippen molar-refractivity contribution in [1.82, 2.24) is 9.13 Å². The highest BCUT2D eigenvalue weighted by Crippen LogP contribution is 2.11. The van der Waals surface area contributed by atoms with E-state index in [1.54, 1.807) is 22.4 Å². The van der Waals surface area contributed by atoms with Crippen LogP contribution >= 0.6 is 0 Å². The highest BCUT2D eigenvalue weighted by Gasteiger charge is 2.07. The molecule has 0 aliphatic carbocycles. The van der Waals surface area contributed by atoms with Crippen molar-refractivity contribution in [1.29, 1.82) is 0 Å². The zero-order valence-corrected chi connectivity index (χ0v) is 9.88. The number of imidazole rings is 1. The molecule has 5 heteroatoms. The van der Waals surface area contributed by atoms with Crippen molar-refractivity contribution in [2.24, 2.45) is 12.9 Å². The van der Waals surface area contributed by atoms with Crippen LogP contribution in [-0.4, -0.2) is 9.13 Å². The molecule has 2 N–H and O–H groups in total. The molecule has 0 amide bonds. The van der Waals surface area contributed by atoms with Crippen molar-refractivity contribution in [3.8, 4) is 5.69 Å². The van der Waals surface area contributed by atoms with Crippen LogP contribution in [0.3, 0.4) is 0 Å². The maximum Gasteiger partial charge on any atom is 0.332 e. The van der Waals surface area contributed by atoms with E-state index in [1.807, 2.05) is 31.2 Å². The quantitative estimate of drug-likeness (QED) is 0.800. The maximum atomic E-state index is 11.9. The van der Waals surface area contributed by atoms with Crippen molar-refractivity contribution < 1.29 is 4.84 Å². The molecule has 1 heterocycles. The van der Waals surface area contributed by atoms with Crippen LogP contribution in [0.1, 0.15) is 11.3 Å². The number of hydrogen-bond donors (Lipinski definition) is 1. The Bertz CT molecular complexity index is 584. The maximum absolute atomic E-state index is 11.9. The highest BCUT2D eigenvalue weighted by atomic mass is 16.6. The average Bonchev–Trinajstić information content (AvgIpc) is 2.54. The van der Waals surface area contributed by atoms with Gasteiger partial charge in [0.05, 0.1) is 12.3 Å². The van der Waals surface area contributed by atoms with Gasteiger partial charge in [-0.1, -0.05) is 12.1 Å². The lowest BCUT2D eigenvalue weighted by molar-refractivity contribution is 0.124. The lowest BCUT2D eigenvalue weighted by Gasteiger charge is -2.06. The van der Waals surface area contributed by atoms with Gasteiger partial charge in [-0.3, -0.25) is 9.40 Å². The molecule has 0 spiro atoms. The van der Waals surface area contributed by atoms with E-state index < -0.39 is 0 Å². The molecule has 90 valence electrons. The van der Waals surface area contributed by atoms with Gasteiger partial charge >= 0.3 is 5.69 Å². The summed E-state index contributed by atoms with van der Waals surface area (Å²) in [7, 11) is 1.73.